The molecule has 1 aromatic carbocycles. The predicted molar refractivity (Wildman–Crippen MR) is 86.4 cm³/mol. The van der Waals surface area contributed by atoms with Gasteiger partial charge in [0.15, 0.2) is 5.13 Å². The molecule has 0 saturated heterocycles. The number of carbonyl (C=O) groups excluding carboxylic acids is 1. The minimum Gasteiger partial charge on any atom is -0.494 e. The molecule has 0 unspecified atom stereocenters. The third kappa shape index (κ3) is 2.96. The molecule has 114 valence electrons. The maximum atomic E-state index is 11.9. The first-order valence-corrected chi connectivity index (χ1v) is 7.83. The fourth-order valence-electron chi connectivity index (χ4n) is 2.14. The number of thiazole rings is 1. The number of carbonyl (C=O) groups is 1. The summed E-state index contributed by atoms with van der Waals surface area (Å²) >= 11 is 1.47. The van der Waals surface area contributed by atoms with Gasteiger partial charge in [-0.2, -0.15) is 0 Å². The lowest BCUT2D eigenvalue weighted by Gasteiger charge is -2.15. The highest BCUT2D eigenvalue weighted by atomic mass is 32.1. The van der Waals surface area contributed by atoms with Crippen LogP contribution >= 0.6 is 11.3 Å². The molecule has 0 aliphatic rings. The van der Waals surface area contributed by atoms with E-state index in [-0.39, 0.29) is 5.91 Å². The van der Waals surface area contributed by atoms with E-state index < -0.39 is 0 Å². The normalized spacial score (nSPS) is 10.8. The van der Waals surface area contributed by atoms with Gasteiger partial charge in [-0.15, -0.1) is 0 Å². The van der Waals surface area contributed by atoms with Crippen LogP contribution in [0.3, 0.4) is 0 Å². The van der Waals surface area contributed by atoms with Crippen molar-refractivity contribution in [3.05, 3.63) is 42.4 Å². The maximum absolute atomic E-state index is 11.9. The van der Waals surface area contributed by atoms with Gasteiger partial charge in [-0.25, -0.2) is 4.98 Å². The van der Waals surface area contributed by atoms with Crippen LogP contribution in [0.1, 0.15) is 19.6 Å². The van der Waals surface area contributed by atoms with Gasteiger partial charge in [0.2, 0.25) is 5.91 Å². The third-order valence-corrected chi connectivity index (χ3v) is 4.21. The van der Waals surface area contributed by atoms with Crippen LogP contribution in [0, 0.1) is 0 Å². The molecule has 5 nitrogen and oxygen atoms in total. The summed E-state index contributed by atoms with van der Waals surface area (Å²) in [6, 6.07) is 9.40. The number of anilines is 1. The number of benzene rings is 1. The molecule has 0 aliphatic heterocycles. The smallest absolute Gasteiger partial charge is 0.226 e. The molecule has 22 heavy (non-hydrogen) atoms. The van der Waals surface area contributed by atoms with Crippen LogP contribution in [0.4, 0.5) is 5.13 Å². The van der Waals surface area contributed by atoms with Crippen LogP contribution < -0.4 is 9.64 Å². The topological polar surface area (TPSA) is 55.6 Å². The van der Waals surface area contributed by atoms with Crippen molar-refractivity contribution in [1.82, 2.24) is 4.98 Å². The molecule has 0 fully saturated rings. The lowest BCUT2D eigenvalue weighted by atomic mass is 10.3. The molecular weight excluding hydrogens is 300 g/mol. The van der Waals surface area contributed by atoms with E-state index in [1.807, 2.05) is 31.2 Å². The van der Waals surface area contributed by atoms with Crippen molar-refractivity contribution in [2.45, 2.75) is 20.4 Å². The molecule has 0 atom stereocenters. The average molecular weight is 316 g/mol. The second kappa shape index (κ2) is 6.19. The Hall–Kier alpha value is -2.34. The van der Waals surface area contributed by atoms with Crippen molar-refractivity contribution < 1.29 is 13.9 Å². The Morgan fingerprint density at radius 2 is 2.27 bits per heavy atom. The van der Waals surface area contributed by atoms with E-state index in [1.54, 1.807) is 17.2 Å². The number of nitrogens with zero attached hydrogens (tertiary/aromatic N) is 2. The van der Waals surface area contributed by atoms with Crippen LogP contribution in [0.2, 0.25) is 0 Å². The van der Waals surface area contributed by atoms with Crippen molar-refractivity contribution in [3.8, 4) is 5.75 Å². The summed E-state index contributed by atoms with van der Waals surface area (Å²) in [5.41, 5.74) is 0.856. The molecule has 0 N–H and O–H groups in total. The first-order chi connectivity index (χ1) is 10.7. The molecule has 0 bridgehead atoms. The highest BCUT2D eigenvalue weighted by molar-refractivity contribution is 7.22. The number of furan rings is 1. The van der Waals surface area contributed by atoms with Gasteiger partial charge < -0.3 is 9.15 Å². The van der Waals surface area contributed by atoms with Crippen molar-refractivity contribution in [1.29, 1.82) is 0 Å². The van der Waals surface area contributed by atoms with Crippen molar-refractivity contribution in [2.75, 3.05) is 11.5 Å². The second-order valence-corrected chi connectivity index (χ2v) is 5.75. The molecule has 3 aromatic rings. The lowest BCUT2D eigenvalue weighted by Crippen LogP contribution is -2.27. The monoisotopic (exact) mass is 316 g/mol. The second-order valence-electron chi connectivity index (χ2n) is 4.74. The Bertz CT molecular complexity index is 780. The van der Waals surface area contributed by atoms with Crippen molar-refractivity contribution in [2.24, 2.45) is 0 Å². The lowest BCUT2D eigenvalue weighted by molar-refractivity contribution is -0.116. The minimum absolute atomic E-state index is 0.0690. The molecule has 1 amide bonds. The highest BCUT2D eigenvalue weighted by Gasteiger charge is 2.18. The Balaban J connectivity index is 1.93. The summed E-state index contributed by atoms with van der Waals surface area (Å²) in [5, 5.41) is 0.660. The van der Waals surface area contributed by atoms with Crippen LogP contribution in [0.5, 0.6) is 5.75 Å². The molecule has 0 aliphatic carbocycles. The molecule has 0 radical (unpaired) electrons. The van der Waals surface area contributed by atoms with Gasteiger partial charge in [-0.1, -0.05) is 11.3 Å². The minimum atomic E-state index is -0.0690. The largest absolute Gasteiger partial charge is 0.494 e. The van der Waals surface area contributed by atoms with Gasteiger partial charge in [0, 0.05) is 6.92 Å². The van der Waals surface area contributed by atoms with E-state index in [4.69, 9.17) is 9.15 Å². The zero-order valence-corrected chi connectivity index (χ0v) is 13.2. The molecule has 0 spiro atoms. The third-order valence-electron chi connectivity index (χ3n) is 3.16. The molecule has 6 heteroatoms. The number of ether oxygens (including phenoxy) is 1. The predicted octanol–water partition coefficient (Wildman–Crippen LogP) is 3.84. The maximum Gasteiger partial charge on any atom is 0.226 e. The molecule has 0 saturated carbocycles. The Morgan fingerprint density at radius 3 is 2.95 bits per heavy atom. The number of fused-ring (bicyclic) bond motifs is 1. The summed E-state index contributed by atoms with van der Waals surface area (Å²) in [5.74, 6) is 1.47. The Kier molecular flexibility index (Phi) is 4.11. The van der Waals surface area contributed by atoms with Crippen LogP contribution in [-0.2, 0) is 11.3 Å². The molecule has 2 heterocycles. The summed E-state index contributed by atoms with van der Waals surface area (Å²) in [7, 11) is 0. The average Bonchev–Trinajstić information content (AvgIpc) is 3.13. The number of aromatic nitrogens is 1. The number of amides is 1. The van der Waals surface area contributed by atoms with E-state index in [2.05, 4.69) is 4.98 Å². The SMILES string of the molecule is CCOc1ccc2nc(N(Cc3ccco3)C(C)=O)sc2c1. The molecule has 2 aromatic heterocycles. The van der Waals surface area contributed by atoms with Crippen LogP contribution in [-0.4, -0.2) is 17.5 Å². The van der Waals surface area contributed by atoms with E-state index in [1.165, 1.54) is 18.3 Å². The number of rotatable bonds is 5. The summed E-state index contributed by atoms with van der Waals surface area (Å²) in [6.07, 6.45) is 1.60. The van der Waals surface area contributed by atoms with Crippen LogP contribution in [0.15, 0.2) is 41.0 Å². The van der Waals surface area contributed by atoms with Crippen molar-refractivity contribution >= 4 is 32.6 Å². The van der Waals surface area contributed by atoms with E-state index in [9.17, 15) is 4.79 Å². The van der Waals surface area contributed by atoms with Crippen molar-refractivity contribution in [3.63, 3.8) is 0 Å². The van der Waals surface area contributed by atoms with Gasteiger partial charge in [0.05, 0.1) is 29.6 Å². The van der Waals surface area contributed by atoms with Gasteiger partial charge in [0.25, 0.3) is 0 Å². The van der Waals surface area contributed by atoms with E-state index in [0.717, 1.165) is 21.7 Å². The van der Waals surface area contributed by atoms with Crippen LogP contribution in [0.25, 0.3) is 10.2 Å². The first kappa shape index (κ1) is 14.6. The summed E-state index contributed by atoms with van der Waals surface area (Å²) in [4.78, 5) is 18.1. The zero-order chi connectivity index (χ0) is 15.5. The van der Waals surface area contributed by atoms with E-state index >= 15 is 0 Å². The molecule has 3 rings (SSSR count). The Labute approximate surface area is 132 Å². The van der Waals surface area contributed by atoms with Gasteiger partial charge in [-0.05, 0) is 37.3 Å². The fourth-order valence-corrected chi connectivity index (χ4v) is 3.17. The van der Waals surface area contributed by atoms with Gasteiger partial charge >= 0.3 is 0 Å². The van der Waals surface area contributed by atoms with E-state index in [0.29, 0.717) is 18.3 Å². The van der Waals surface area contributed by atoms with Gasteiger partial charge in [0.1, 0.15) is 11.5 Å². The van der Waals surface area contributed by atoms with Gasteiger partial charge in [-0.3, -0.25) is 9.69 Å². The Morgan fingerprint density at radius 1 is 1.41 bits per heavy atom. The summed E-state index contributed by atoms with van der Waals surface area (Å²) < 4.78 is 11.8. The number of hydrogen-bond acceptors (Lipinski definition) is 5. The standard InChI is InChI=1S/C16H16N2O3S/c1-3-20-12-6-7-14-15(9-12)22-16(17-14)18(11(2)19)10-13-5-4-8-21-13/h4-9H,3,10H2,1-2H3. The quantitative estimate of drug-likeness (QED) is 0.717. The summed E-state index contributed by atoms with van der Waals surface area (Å²) in [6.45, 7) is 4.47. The zero-order valence-electron chi connectivity index (χ0n) is 12.4. The molecular formula is C16H16N2O3S. The fraction of sp³-hybridized carbons (Fsp3) is 0.250. The number of hydrogen-bond donors (Lipinski definition) is 0. The first-order valence-electron chi connectivity index (χ1n) is 7.01. The highest BCUT2D eigenvalue weighted by Crippen LogP contribution is 2.32.